The van der Waals surface area contributed by atoms with Crippen LogP contribution in [-0.2, 0) is 24.0 Å². The zero-order valence-electron chi connectivity index (χ0n) is 23.4. The molecule has 7 nitrogen and oxygen atoms in total. The third-order valence-electron chi connectivity index (χ3n) is 12.0. The summed E-state index contributed by atoms with van der Waals surface area (Å²) >= 11 is 0. The number of rotatable bonds is 6. The Morgan fingerprint density at radius 1 is 0.973 bits per heavy atom. The lowest BCUT2D eigenvalue weighted by Crippen LogP contribution is -2.68. The predicted molar refractivity (Wildman–Crippen MR) is 136 cm³/mol. The molecule has 4 saturated carbocycles. The summed E-state index contributed by atoms with van der Waals surface area (Å²) in [6.45, 7) is 13.4. The van der Waals surface area contributed by atoms with Gasteiger partial charge in [0.05, 0.1) is 12.0 Å². The average Bonchev–Trinajstić information content (AvgIpc) is 2.99. The fourth-order valence-corrected chi connectivity index (χ4v) is 9.64. The quantitative estimate of drug-likeness (QED) is 0.540. The van der Waals surface area contributed by atoms with Crippen LogP contribution in [0.1, 0.15) is 93.4 Å². The second kappa shape index (κ2) is 8.82. The van der Waals surface area contributed by atoms with Crippen molar-refractivity contribution in [2.75, 3.05) is 0 Å². The normalized spacial score (nSPS) is 44.4. The zero-order valence-corrected chi connectivity index (χ0v) is 23.4. The molecular formula is C30H44O7. The van der Waals surface area contributed by atoms with E-state index < -0.39 is 51.5 Å². The van der Waals surface area contributed by atoms with Crippen LogP contribution in [0.25, 0.3) is 0 Å². The molecule has 0 heterocycles. The van der Waals surface area contributed by atoms with Gasteiger partial charge in [-0.2, -0.15) is 0 Å². The van der Waals surface area contributed by atoms with E-state index in [9.17, 15) is 34.2 Å². The molecule has 0 radical (unpaired) electrons. The monoisotopic (exact) mass is 516 g/mol. The second-order valence-electron chi connectivity index (χ2n) is 14.2. The van der Waals surface area contributed by atoms with Gasteiger partial charge in [-0.15, -0.1) is 0 Å². The molecule has 10 atom stereocenters. The summed E-state index contributed by atoms with van der Waals surface area (Å²) in [5.41, 5.74) is -2.64. The average molecular weight is 517 g/mol. The van der Waals surface area contributed by atoms with E-state index in [0.717, 1.165) is 0 Å². The van der Waals surface area contributed by atoms with Crippen molar-refractivity contribution in [3.8, 4) is 0 Å². The molecule has 206 valence electrons. The first-order valence-electron chi connectivity index (χ1n) is 13.9. The Balaban J connectivity index is 1.68. The van der Waals surface area contributed by atoms with Gasteiger partial charge in [0.25, 0.3) is 0 Å². The number of fused-ring (bicyclic) bond motifs is 5. The van der Waals surface area contributed by atoms with E-state index in [2.05, 4.69) is 6.92 Å². The van der Waals surface area contributed by atoms with Crippen molar-refractivity contribution in [3.05, 3.63) is 0 Å². The van der Waals surface area contributed by atoms with Crippen LogP contribution >= 0.6 is 0 Å². The first kappa shape index (κ1) is 28.1. The first-order valence-corrected chi connectivity index (χ1v) is 13.9. The van der Waals surface area contributed by atoms with Crippen LogP contribution in [0.3, 0.4) is 0 Å². The maximum atomic E-state index is 14.1. The standard InChI is InChI=1S/C30H44O7/c1-15(10-17(31)11-16(2)26(36)37)18-12-23(35)30(7)25-19(32)13-21-27(3,4)22(34)8-9-28(21,5)24(25)20(33)14-29(18,30)6/h15-16,18,21,23-25,35H,8-14H2,1-7H3,(H,36,37)/t15-,16+,18-,21+,23+,24+,25-,28+,29-,30+/m1/s1. The Labute approximate surface area is 220 Å². The van der Waals surface area contributed by atoms with Gasteiger partial charge in [-0.25, -0.2) is 0 Å². The Morgan fingerprint density at radius 2 is 1.59 bits per heavy atom. The number of carboxylic acids is 1. The van der Waals surface area contributed by atoms with Crippen molar-refractivity contribution in [1.29, 1.82) is 0 Å². The molecule has 0 aromatic rings. The summed E-state index contributed by atoms with van der Waals surface area (Å²) < 4.78 is 0. The number of aliphatic carboxylic acids is 1. The molecule has 4 rings (SSSR count). The minimum Gasteiger partial charge on any atom is -0.481 e. The van der Waals surface area contributed by atoms with Crippen molar-refractivity contribution < 1.29 is 34.2 Å². The highest BCUT2D eigenvalue weighted by Crippen LogP contribution is 2.73. The molecule has 0 spiro atoms. The molecule has 0 aliphatic heterocycles. The predicted octanol–water partition coefficient (Wildman–Crippen LogP) is 4.28. The summed E-state index contributed by atoms with van der Waals surface area (Å²) in [7, 11) is 0. The van der Waals surface area contributed by atoms with Gasteiger partial charge >= 0.3 is 5.97 Å². The number of carbonyl (C=O) groups excluding carboxylic acids is 4. The molecule has 7 heteroatoms. The lowest BCUT2D eigenvalue weighted by Gasteiger charge is -2.65. The fraction of sp³-hybridized carbons (Fsp3) is 0.833. The lowest BCUT2D eigenvalue weighted by molar-refractivity contribution is -0.199. The summed E-state index contributed by atoms with van der Waals surface area (Å²) in [6, 6.07) is 0. The van der Waals surface area contributed by atoms with Crippen molar-refractivity contribution in [2.24, 2.45) is 57.2 Å². The second-order valence-corrected chi connectivity index (χ2v) is 14.2. The van der Waals surface area contributed by atoms with Gasteiger partial charge in [0, 0.05) is 54.8 Å². The summed E-state index contributed by atoms with van der Waals surface area (Å²) in [6.07, 6.45) is 1.22. The number of aliphatic hydroxyl groups excluding tert-OH is 1. The number of aliphatic hydroxyl groups is 1. The molecule has 37 heavy (non-hydrogen) atoms. The smallest absolute Gasteiger partial charge is 0.306 e. The number of hydrogen-bond acceptors (Lipinski definition) is 6. The molecule has 4 fully saturated rings. The number of carbonyl (C=O) groups is 5. The number of Topliss-reactive ketones (excluding diaryl/α,β-unsaturated/α-hetero) is 4. The van der Waals surface area contributed by atoms with Crippen LogP contribution in [0.2, 0.25) is 0 Å². The fourth-order valence-electron chi connectivity index (χ4n) is 9.64. The van der Waals surface area contributed by atoms with E-state index in [1.54, 1.807) is 0 Å². The van der Waals surface area contributed by atoms with Crippen molar-refractivity contribution >= 4 is 29.1 Å². The van der Waals surface area contributed by atoms with Crippen LogP contribution in [0, 0.1) is 57.2 Å². The van der Waals surface area contributed by atoms with Crippen LogP contribution in [0.5, 0.6) is 0 Å². The minimum absolute atomic E-state index is 0.0178. The highest BCUT2D eigenvalue weighted by molar-refractivity contribution is 5.96. The Bertz CT molecular complexity index is 1040. The molecule has 0 saturated heterocycles. The maximum Gasteiger partial charge on any atom is 0.306 e. The highest BCUT2D eigenvalue weighted by Gasteiger charge is 2.74. The van der Waals surface area contributed by atoms with Gasteiger partial charge in [0.2, 0.25) is 0 Å². The largest absolute Gasteiger partial charge is 0.481 e. The van der Waals surface area contributed by atoms with Gasteiger partial charge < -0.3 is 10.2 Å². The molecule has 0 aromatic carbocycles. The van der Waals surface area contributed by atoms with E-state index in [0.29, 0.717) is 19.3 Å². The van der Waals surface area contributed by atoms with Crippen molar-refractivity contribution in [3.63, 3.8) is 0 Å². The molecule has 4 aliphatic rings. The minimum atomic E-state index is -1.00. The lowest BCUT2D eigenvalue weighted by atomic mass is 9.37. The number of carboxylic acid groups (broad SMARTS) is 1. The molecule has 4 aliphatic carbocycles. The SMILES string of the molecule is C[C@H](CC(=O)C[C@H](C)C(=O)O)[C@H]1C[C@H](O)[C@@]2(C)[C@@H]3C(=O)C[C@H]4C(C)(C)C(=O)CC[C@]4(C)[C@H]3C(=O)C[C@]12C. The summed E-state index contributed by atoms with van der Waals surface area (Å²) in [5.74, 6) is -3.36. The Hall–Kier alpha value is -1.89. The number of hydrogen-bond donors (Lipinski definition) is 2. The van der Waals surface area contributed by atoms with Crippen LogP contribution in [-0.4, -0.2) is 45.4 Å². The first-order chi connectivity index (χ1) is 16.9. The Kier molecular flexibility index (Phi) is 6.71. The van der Waals surface area contributed by atoms with Gasteiger partial charge in [0.1, 0.15) is 23.1 Å². The third kappa shape index (κ3) is 3.81. The molecule has 0 unspecified atom stereocenters. The van der Waals surface area contributed by atoms with E-state index in [1.807, 2.05) is 34.6 Å². The van der Waals surface area contributed by atoms with Crippen LogP contribution in [0.4, 0.5) is 0 Å². The third-order valence-corrected chi connectivity index (χ3v) is 12.0. The highest BCUT2D eigenvalue weighted by atomic mass is 16.4. The molecule has 0 amide bonds. The van der Waals surface area contributed by atoms with E-state index >= 15 is 0 Å². The van der Waals surface area contributed by atoms with Gasteiger partial charge in [-0.1, -0.05) is 48.5 Å². The molecular weight excluding hydrogens is 472 g/mol. The van der Waals surface area contributed by atoms with Gasteiger partial charge in [-0.3, -0.25) is 24.0 Å². The van der Waals surface area contributed by atoms with Gasteiger partial charge in [-0.05, 0) is 41.4 Å². The molecule has 2 N–H and O–H groups in total. The molecule has 0 bridgehead atoms. The van der Waals surface area contributed by atoms with Crippen LogP contribution in [0.15, 0.2) is 0 Å². The summed E-state index contributed by atoms with van der Waals surface area (Å²) in [4.78, 5) is 64.8. The topological polar surface area (TPSA) is 126 Å². The van der Waals surface area contributed by atoms with Crippen molar-refractivity contribution in [1.82, 2.24) is 0 Å². The maximum absolute atomic E-state index is 14.1. The Morgan fingerprint density at radius 3 is 2.19 bits per heavy atom. The van der Waals surface area contributed by atoms with E-state index in [-0.39, 0.29) is 66.6 Å². The number of ketones is 4. The summed E-state index contributed by atoms with van der Waals surface area (Å²) in [5, 5.41) is 20.8. The van der Waals surface area contributed by atoms with Crippen molar-refractivity contribution in [2.45, 2.75) is 99.5 Å². The van der Waals surface area contributed by atoms with Gasteiger partial charge in [0.15, 0.2) is 0 Å². The molecule has 0 aromatic heterocycles. The van der Waals surface area contributed by atoms with E-state index in [1.165, 1.54) is 6.92 Å². The zero-order chi connectivity index (χ0) is 27.9. The van der Waals surface area contributed by atoms with E-state index in [4.69, 9.17) is 0 Å². The van der Waals surface area contributed by atoms with Crippen LogP contribution < -0.4 is 0 Å².